The van der Waals surface area contributed by atoms with Gasteiger partial charge in [0, 0.05) is 31.5 Å². The van der Waals surface area contributed by atoms with Crippen molar-refractivity contribution >= 4 is 21.6 Å². The molecule has 0 saturated heterocycles. The number of rotatable bonds is 6. The number of amides is 1. The van der Waals surface area contributed by atoms with Crippen molar-refractivity contribution in [2.45, 2.75) is 11.8 Å². The lowest BCUT2D eigenvalue weighted by Gasteiger charge is -2.14. The smallest absolute Gasteiger partial charge is 0.259 e. The van der Waals surface area contributed by atoms with Gasteiger partial charge in [0.25, 0.3) is 5.91 Å². The van der Waals surface area contributed by atoms with Gasteiger partial charge < -0.3 is 5.32 Å². The molecule has 0 fully saturated rings. The van der Waals surface area contributed by atoms with Gasteiger partial charge in [0.15, 0.2) is 0 Å². The first-order valence-corrected chi connectivity index (χ1v) is 11.8. The largest absolute Gasteiger partial charge is 0.322 e. The number of aromatic nitrogens is 2. The average Bonchev–Trinajstić information content (AvgIpc) is 3.27. The van der Waals surface area contributed by atoms with Crippen LogP contribution in [0.25, 0.3) is 16.9 Å². The first-order valence-electron chi connectivity index (χ1n) is 10.3. The van der Waals surface area contributed by atoms with E-state index in [1.54, 1.807) is 16.9 Å². The lowest BCUT2D eigenvalue weighted by Crippen LogP contribution is -2.22. The second-order valence-electron chi connectivity index (χ2n) is 7.76. The van der Waals surface area contributed by atoms with E-state index in [0.717, 1.165) is 21.1 Å². The van der Waals surface area contributed by atoms with Gasteiger partial charge in [0.05, 0.1) is 16.1 Å². The van der Waals surface area contributed by atoms with E-state index < -0.39 is 10.0 Å². The molecule has 1 aromatic heterocycles. The molecule has 33 heavy (non-hydrogen) atoms. The summed E-state index contributed by atoms with van der Waals surface area (Å²) in [6, 6.07) is 23.7. The van der Waals surface area contributed by atoms with E-state index in [1.165, 1.54) is 26.2 Å². The van der Waals surface area contributed by atoms with Gasteiger partial charge in [-0.15, -0.1) is 0 Å². The Morgan fingerprint density at radius 3 is 2.21 bits per heavy atom. The molecule has 1 amide bonds. The van der Waals surface area contributed by atoms with E-state index in [-0.39, 0.29) is 10.8 Å². The number of sulfonamides is 1. The Kier molecular flexibility index (Phi) is 6.13. The van der Waals surface area contributed by atoms with Crippen molar-refractivity contribution < 1.29 is 13.2 Å². The third-order valence-electron chi connectivity index (χ3n) is 5.26. The first kappa shape index (κ1) is 22.4. The summed E-state index contributed by atoms with van der Waals surface area (Å²) in [5.74, 6) is -0.376. The number of carbonyl (C=O) groups is 1. The minimum absolute atomic E-state index is 0.108. The van der Waals surface area contributed by atoms with Crippen LogP contribution >= 0.6 is 0 Å². The predicted octanol–water partition coefficient (Wildman–Crippen LogP) is 4.35. The molecule has 0 bridgehead atoms. The Labute approximate surface area is 193 Å². The fraction of sp³-hybridized carbons (Fsp3) is 0.120. The van der Waals surface area contributed by atoms with Crippen molar-refractivity contribution in [3.8, 4) is 16.9 Å². The molecule has 1 N–H and O–H groups in total. The highest BCUT2D eigenvalue weighted by atomic mass is 32.2. The number of nitrogens with zero attached hydrogens (tertiary/aromatic N) is 3. The molecule has 0 aliphatic heterocycles. The molecule has 0 saturated carbocycles. The molecule has 168 valence electrons. The summed E-state index contributed by atoms with van der Waals surface area (Å²) in [5.41, 5.74) is 3.71. The number of carbonyl (C=O) groups excluding carboxylic acids is 1. The van der Waals surface area contributed by atoms with Crippen LogP contribution in [0.5, 0.6) is 0 Å². The summed E-state index contributed by atoms with van der Waals surface area (Å²) >= 11 is 0. The molecule has 4 rings (SSSR count). The van der Waals surface area contributed by atoms with Gasteiger partial charge in [-0.25, -0.2) is 17.4 Å². The van der Waals surface area contributed by atoms with Crippen molar-refractivity contribution in [3.63, 3.8) is 0 Å². The Morgan fingerprint density at radius 1 is 0.939 bits per heavy atom. The summed E-state index contributed by atoms with van der Waals surface area (Å²) in [7, 11) is -0.694. The second kappa shape index (κ2) is 9.01. The topological polar surface area (TPSA) is 84.3 Å². The van der Waals surface area contributed by atoms with Crippen molar-refractivity contribution in [3.05, 3.63) is 96.2 Å². The maximum Gasteiger partial charge on any atom is 0.259 e. The maximum atomic E-state index is 13.4. The summed E-state index contributed by atoms with van der Waals surface area (Å²) in [6.07, 6.45) is 1.68. The number of hydrogen-bond acceptors (Lipinski definition) is 4. The lowest BCUT2D eigenvalue weighted by molar-refractivity contribution is 0.102. The normalized spacial score (nSPS) is 11.5. The lowest BCUT2D eigenvalue weighted by atomic mass is 10.1. The average molecular weight is 461 g/mol. The zero-order chi connectivity index (χ0) is 23.6. The van der Waals surface area contributed by atoms with Crippen LogP contribution < -0.4 is 5.32 Å². The Bertz CT molecular complexity index is 1400. The molecule has 4 aromatic rings. The van der Waals surface area contributed by atoms with Gasteiger partial charge in [-0.1, -0.05) is 54.6 Å². The number of benzene rings is 3. The molecule has 0 spiro atoms. The highest BCUT2D eigenvalue weighted by Gasteiger charge is 2.22. The highest BCUT2D eigenvalue weighted by molar-refractivity contribution is 7.89. The zero-order valence-corrected chi connectivity index (χ0v) is 19.4. The summed E-state index contributed by atoms with van der Waals surface area (Å²) in [6.45, 7) is 1.81. The van der Waals surface area contributed by atoms with Crippen molar-refractivity contribution in [2.75, 3.05) is 19.4 Å². The molecule has 0 aliphatic carbocycles. The summed E-state index contributed by atoms with van der Waals surface area (Å²) < 4.78 is 27.9. The quantitative estimate of drug-likeness (QED) is 0.464. The molecule has 1 heterocycles. The van der Waals surface area contributed by atoms with Crippen LogP contribution in [0.1, 0.15) is 15.9 Å². The van der Waals surface area contributed by atoms with Crippen molar-refractivity contribution in [1.29, 1.82) is 0 Å². The van der Waals surface area contributed by atoms with Gasteiger partial charge in [-0.3, -0.25) is 4.79 Å². The van der Waals surface area contributed by atoms with E-state index in [9.17, 15) is 13.2 Å². The monoisotopic (exact) mass is 460 g/mol. The Hall–Kier alpha value is -3.75. The van der Waals surface area contributed by atoms with Gasteiger partial charge in [-0.2, -0.15) is 5.10 Å². The summed E-state index contributed by atoms with van der Waals surface area (Å²) in [5, 5.41) is 7.55. The SMILES string of the molecule is Cc1ccc(S(=O)(=O)N(C)C)cc1NC(=O)c1cn(-c2ccccc2)nc1-c1ccccc1. The van der Waals surface area contributed by atoms with Crippen LogP contribution in [0, 0.1) is 6.92 Å². The molecule has 0 unspecified atom stereocenters. The number of anilines is 1. The minimum atomic E-state index is -3.63. The fourth-order valence-corrected chi connectivity index (χ4v) is 4.29. The van der Waals surface area contributed by atoms with Crippen molar-refractivity contribution in [2.24, 2.45) is 0 Å². The summed E-state index contributed by atoms with van der Waals surface area (Å²) in [4.78, 5) is 13.5. The van der Waals surface area contributed by atoms with E-state index in [2.05, 4.69) is 10.4 Å². The number of nitrogens with one attached hydrogen (secondary N) is 1. The molecule has 3 aromatic carbocycles. The third-order valence-corrected chi connectivity index (χ3v) is 7.07. The molecular weight excluding hydrogens is 436 g/mol. The molecule has 0 aliphatic rings. The van der Waals surface area contributed by atoms with Crippen LogP contribution in [0.4, 0.5) is 5.69 Å². The van der Waals surface area contributed by atoms with E-state index >= 15 is 0 Å². The molecular formula is C25H24N4O3S. The van der Waals surface area contributed by atoms with Crippen molar-refractivity contribution in [1.82, 2.24) is 14.1 Å². The number of hydrogen-bond donors (Lipinski definition) is 1. The molecule has 8 heteroatoms. The highest BCUT2D eigenvalue weighted by Crippen LogP contribution is 2.27. The maximum absolute atomic E-state index is 13.4. The number of para-hydroxylation sites is 1. The van der Waals surface area contributed by atoms with Crippen LogP contribution in [0.3, 0.4) is 0 Å². The zero-order valence-electron chi connectivity index (χ0n) is 18.6. The van der Waals surface area contributed by atoms with Crippen LogP contribution in [0.2, 0.25) is 0 Å². The van der Waals surface area contributed by atoms with E-state index in [1.807, 2.05) is 67.6 Å². The molecule has 7 nitrogen and oxygen atoms in total. The third kappa shape index (κ3) is 4.57. The van der Waals surface area contributed by atoms with Gasteiger partial charge >= 0.3 is 0 Å². The standard InChI is InChI=1S/C25H24N4O3S/c1-18-14-15-21(33(31,32)28(2)3)16-23(18)26-25(30)22-17-29(20-12-8-5-9-13-20)27-24(22)19-10-6-4-7-11-19/h4-17H,1-3H3,(H,26,30). The molecule has 0 radical (unpaired) electrons. The number of aryl methyl sites for hydroxylation is 1. The molecule has 0 atom stereocenters. The fourth-order valence-electron chi connectivity index (χ4n) is 3.36. The van der Waals surface area contributed by atoms with Crippen LogP contribution in [0.15, 0.2) is 90.0 Å². The van der Waals surface area contributed by atoms with Crippen LogP contribution in [-0.4, -0.2) is 42.5 Å². The second-order valence-corrected chi connectivity index (χ2v) is 9.91. The van der Waals surface area contributed by atoms with Gasteiger partial charge in [0.2, 0.25) is 10.0 Å². The predicted molar refractivity (Wildman–Crippen MR) is 129 cm³/mol. The first-order chi connectivity index (χ1) is 15.8. The Morgan fingerprint density at radius 2 is 1.58 bits per heavy atom. The van der Waals surface area contributed by atoms with Gasteiger partial charge in [0.1, 0.15) is 5.69 Å². The van der Waals surface area contributed by atoms with E-state index in [4.69, 9.17) is 0 Å². The van der Waals surface area contributed by atoms with E-state index in [0.29, 0.717) is 16.9 Å². The van der Waals surface area contributed by atoms with Crippen LogP contribution in [-0.2, 0) is 10.0 Å². The minimum Gasteiger partial charge on any atom is -0.322 e. The van der Waals surface area contributed by atoms with Gasteiger partial charge in [-0.05, 0) is 36.8 Å². The Balaban J connectivity index is 1.75.